The van der Waals surface area contributed by atoms with Crippen molar-refractivity contribution in [2.75, 3.05) is 26.2 Å². The van der Waals surface area contributed by atoms with E-state index in [0.717, 1.165) is 19.6 Å². The van der Waals surface area contributed by atoms with Crippen LogP contribution in [0.5, 0.6) is 0 Å². The van der Waals surface area contributed by atoms with Crippen LogP contribution in [-0.4, -0.2) is 54.0 Å². The molecular weight excluding hydrogens is 250 g/mol. The number of hydrogen-bond acceptors (Lipinski definition) is 3. The average molecular weight is 277 g/mol. The summed E-state index contributed by atoms with van der Waals surface area (Å²) in [5, 5.41) is 0. The summed E-state index contributed by atoms with van der Waals surface area (Å²) in [4.78, 5) is 17.6. The third-order valence-electron chi connectivity index (χ3n) is 6.41. The van der Waals surface area contributed by atoms with Crippen molar-refractivity contribution in [2.45, 2.75) is 50.6 Å². The summed E-state index contributed by atoms with van der Waals surface area (Å²) < 4.78 is 0. The first kappa shape index (κ1) is 13.1. The van der Waals surface area contributed by atoms with Gasteiger partial charge in [-0.1, -0.05) is 6.42 Å². The van der Waals surface area contributed by atoms with Crippen LogP contribution in [0, 0.1) is 17.8 Å². The number of nitrogens with zero attached hydrogens (tertiary/aromatic N) is 2. The number of piperazine rings is 1. The zero-order valence-electron chi connectivity index (χ0n) is 12.3. The first-order valence-electron chi connectivity index (χ1n) is 8.52. The highest BCUT2D eigenvalue weighted by atomic mass is 16.2. The number of carbonyl (C=O) groups is 1. The van der Waals surface area contributed by atoms with E-state index in [1.165, 1.54) is 45.1 Å². The van der Waals surface area contributed by atoms with E-state index in [1.54, 1.807) is 0 Å². The van der Waals surface area contributed by atoms with Gasteiger partial charge < -0.3 is 10.6 Å². The molecule has 0 spiro atoms. The molecule has 2 aliphatic carbocycles. The normalized spacial score (nSPS) is 44.6. The Morgan fingerprint density at radius 3 is 2.65 bits per heavy atom. The monoisotopic (exact) mass is 277 g/mol. The lowest BCUT2D eigenvalue weighted by molar-refractivity contribution is -0.141. The molecule has 2 saturated heterocycles. The molecule has 5 atom stereocenters. The van der Waals surface area contributed by atoms with Crippen LogP contribution in [0.25, 0.3) is 0 Å². The Labute approximate surface area is 121 Å². The fraction of sp³-hybridized carbons (Fsp3) is 0.938. The van der Waals surface area contributed by atoms with Crippen molar-refractivity contribution in [1.82, 2.24) is 9.80 Å². The van der Waals surface area contributed by atoms with E-state index in [2.05, 4.69) is 9.80 Å². The van der Waals surface area contributed by atoms with Crippen molar-refractivity contribution in [1.29, 1.82) is 0 Å². The zero-order valence-corrected chi connectivity index (χ0v) is 12.3. The molecule has 0 aromatic carbocycles. The van der Waals surface area contributed by atoms with Gasteiger partial charge in [0.05, 0.1) is 5.92 Å². The summed E-state index contributed by atoms with van der Waals surface area (Å²) in [6, 6.07) is 0.766. The molecule has 1 amide bonds. The molecule has 2 heterocycles. The predicted octanol–water partition coefficient (Wildman–Crippen LogP) is 1.06. The lowest BCUT2D eigenvalue weighted by Gasteiger charge is -2.45. The van der Waals surface area contributed by atoms with Gasteiger partial charge in [0, 0.05) is 31.7 Å². The highest BCUT2D eigenvalue weighted by Gasteiger charge is 2.50. The molecule has 4 nitrogen and oxygen atoms in total. The minimum Gasteiger partial charge on any atom is -0.340 e. The maximum atomic E-state index is 12.9. The summed E-state index contributed by atoms with van der Waals surface area (Å²) in [6.45, 7) is 4.20. The van der Waals surface area contributed by atoms with Gasteiger partial charge in [-0.3, -0.25) is 9.69 Å². The fourth-order valence-corrected chi connectivity index (χ4v) is 5.27. The fourth-order valence-electron chi connectivity index (χ4n) is 5.27. The minimum atomic E-state index is 0.142. The third-order valence-corrected chi connectivity index (χ3v) is 6.41. The van der Waals surface area contributed by atoms with Gasteiger partial charge in [0.25, 0.3) is 0 Å². The highest BCUT2D eigenvalue weighted by molar-refractivity contribution is 5.80. The Hall–Kier alpha value is -0.610. The molecule has 2 bridgehead atoms. The summed E-state index contributed by atoms with van der Waals surface area (Å²) >= 11 is 0. The van der Waals surface area contributed by atoms with E-state index in [9.17, 15) is 4.79 Å². The predicted molar refractivity (Wildman–Crippen MR) is 78.1 cm³/mol. The molecule has 2 N–H and O–H groups in total. The molecule has 4 heteroatoms. The minimum absolute atomic E-state index is 0.142. The van der Waals surface area contributed by atoms with Gasteiger partial charge in [0.15, 0.2) is 0 Å². The van der Waals surface area contributed by atoms with E-state index in [-0.39, 0.29) is 12.0 Å². The van der Waals surface area contributed by atoms with E-state index >= 15 is 0 Å². The van der Waals surface area contributed by atoms with Crippen LogP contribution in [0.3, 0.4) is 0 Å². The largest absolute Gasteiger partial charge is 0.340 e. The summed E-state index contributed by atoms with van der Waals surface area (Å²) in [6.07, 6.45) is 7.64. The second-order valence-corrected chi connectivity index (χ2v) is 7.41. The molecule has 0 aromatic rings. The van der Waals surface area contributed by atoms with Crippen LogP contribution in [0.15, 0.2) is 0 Å². The zero-order chi connectivity index (χ0) is 13.7. The first-order valence-corrected chi connectivity index (χ1v) is 8.52. The maximum Gasteiger partial charge on any atom is 0.227 e. The van der Waals surface area contributed by atoms with E-state index < -0.39 is 0 Å². The molecule has 4 aliphatic rings. The molecule has 4 rings (SSSR count). The van der Waals surface area contributed by atoms with Gasteiger partial charge in [-0.05, 0) is 50.5 Å². The quantitative estimate of drug-likeness (QED) is 0.779. The number of nitrogens with two attached hydrogens (primary N) is 1. The van der Waals surface area contributed by atoms with Crippen molar-refractivity contribution in [3.63, 3.8) is 0 Å². The Kier molecular flexibility index (Phi) is 3.26. The molecule has 2 saturated carbocycles. The number of amides is 1. The number of fused-ring (bicyclic) bond motifs is 3. The van der Waals surface area contributed by atoms with E-state index in [1.807, 2.05) is 0 Å². The molecule has 112 valence electrons. The lowest BCUT2D eigenvalue weighted by atomic mass is 9.83. The Balaban J connectivity index is 1.44. The summed E-state index contributed by atoms with van der Waals surface area (Å²) in [7, 11) is 0. The third kappa shape index (κ3) is 2.00. The summed E-state index contributed by atoms with van der Waals surface area (Å²) in [5.41, 5.74) is 6.35. The average Bonchev–Trinajstić information content (AvgIpc) is 3.07. The van der Waals surface area contributed by atoms with E-state index in [4.69, 9.17) is 5.73 Å². The number of piperidine rings is 1. The van der Waals surface area contributed by atoms with Gasteiger partial charge in [-0.2, -0.15) is 0 Å². The molecular formula is C16H27N3O. The summed E-state index contributed by atoms with van der Waals surface area (Å²) in [5.74, 6) is 1.75. The van der Waals surface area contributed by atoms with Gasteiger partial charge in [0.2, 0.25) is 5.91 Å². The molecule has 5 unspecified atom stereocenters. The van der Waals surface area contributed by atoms with Crippen LogP contribution in [-0.2, 0) is 4.79 Å². The van der Waals surface area contributed by atoms with Gasteiger partial charge in [-0.15, -0.1) is 0 Å². The molecule has 0 radical (unpaired) electrons. The van der Waals surface area contributed by atoms with Crippen molar-refractivity contribution in [3.8, 4) is 0 Å². The standard InChI is InChI=1S/C16H27N3O/c17-15-12-5-4-11(9-12)14(15)16(20)19-8-7-18-6-2-1-3-13(18)10-19/h11-15H,1-10,17H2. The van der Waals surface area contributed by atoms with Crippen molar-refractivity contribution < 1.29 is 4.79 Å². The molecule has 2 aliphatic heterocycles. The van der Waals surface area contributed by atoms with Crippen LogP contribution >= 0.6 is 0 Å². The number of carbonyl (C=O) groups excluding carboxylic acids is 1. The Morgan fingerprint density at radius 1 is 1.00 bits per heavy atom. The highest BCUT2D eigenvalue weighted by Crippen LogP contribution is 2.48. The van der Waals surface area contributed by atoms with Gasteiger partial charge >= 0.3 is 0 Å². The number of rotatable bonds is 1. The van der Waals surface area contributed by atoms with Gasteiger partial charge in [-0.25, -0.2) is 0 Å². The molecule has 4 fully saturated rings. The van der Waals surface area contributed by atoms with E-state index in [0.29, 0.717) is 23.8 Å². The topological polar surface area (TPSA) is 49.6 Å². The lowest BCUT2D eigenvalue weighted by Crippen LogP contribution is -2.58. The van der Waals surface area contributed by atoms with Crippen molar-refractivity contribution >= 4 is 5.91 Å². The smallest absolute Gasteiger partial charge is 0.227 e. The van der Waals surface area contributed by atoms with Gasteiger partial charge in [0.1, 0.15) is 0 Å². The SMILES string of the molecule is NC1C2CCC(C2)C1C(=O)N1CCN2CCCCC2C1. The van der Waals surface area contributed by atoms with Crippen molar-refractivity contribution in [2.24, 2.45) is 23.5 Å². The molecule has 0 aromatic heterocycles. The van der Waals surface area contributed by atoms with Crippen LogP contribution in [0.1, 0.15) is 38.5 Å². The second-order valence-electron chi connectivity index (χ2n) is 7.41. The van der Waals surface area contributed by atoms with Crippen LogP contribution in [0.2, 0.25) is 0 Å². The van der Waals surface area contributed by atoms with Crippen LogP contribution < -0.4 is 5.73 Å². The Morgan fingerprint density at radius 2 is 1.85 bits per heavy atom. The molecule has 20 heavy (non-hydrogen) atoms. The van der Waals surface area contributed by atoms with Crippen LogP contribution in [0.4, 0.5) is 0 Å². The second kappa shape index (κ2) is 4.99. The number of hydrogen-bond donors (Lipinski definition) is 1. The maximum absolute atomic E-state index is 12.9. The van der Waals surface area contributed by atoms with Crippen molar-refractivity contribution in [3.05, 3.63) is 0 Å². The first-order chi connectivity index (χ1) is 9.74. The Bertz CT molecular complexity index is 397.